The number of halogens is 1. The highest BCUT2D eigenvalue weighted by molar-refractivity contribution is 7.81. The number of carbonyl (C=O) groups excluding carboxylic acids is 3. The van der Waals surface area contributed by atoms with Crippen LogP contribution in [0.5, 0.6) is 11.5 Å². The number of alkyl halides is 1. The lowest BCUT2D eigenvalue weighted by atomic mass is 9.98. The third kappa shape index (κ3) is 3.81. The van der Waals surface area contributed by atoms with Crippen molar-refractivity contribution in [1.29, 1.82) is 0 Å². The molecule has 3 rings (SSSR count). The fourth-order valence-electron chi connectivity index (χ4n) is 2.98. The summed E-state index contributed by atoms with van der Waals surface area (Å²) in [7, 11) is 2.97. The van der Waals surface area contributed by atoms with E-state index in [1.54, 1.807) is 48.5 Å². The monoisotopic (exact) mass is 432 g/mol. The average Bonchev–Trinajstić information content (AvgIpc) is 2.73. The van der Waals surface area contributed by atoms with E-state index in [1.807, 2.05) is 0 Å². The van der Waals surface area contributed by atoms with Crippen LogP contribution < -0.4 is 19.3 Å². The third-order valence-corrected chi connectivity index (χ3v) is 5.02. The van der Waals surface area contributed by atoms with Gasteiger partial charge in [0.1, 0.15) is 11.5 Å². The summed E-state index contributed by atoms with van der Waals surface area (Å²) < 4.78 is 10.4. The zero-order valence-corrected chi connectivity index (χ0v) is 17.2. The Kier molecular flexibility index (Phi) is 6.14. The molecule has 0 bridgehead atoms. The van der Waals surface area contributed by atoms with Gasteiger partial charge in [0.2, 0.25) is 0 Å². The molecule has 0 radical (unpaired) electrons. The second kappa shape index (κ2) is 8.59. The molecular weight excluding hydrogens is 416 g/mol. The molecule has 1 aliphatic heterocycles. The van der Waals surface area contributed by atoms with Crippen LogP contribution in [-0.4, -0.2) is 42.8 Å². The second-order valence-electron chi connectivity index (χ2n) is 6.07. The van der Waals surface area contributed by atoms with Crippen molar-refractivity contribution >= 4 is 57.9 Å². The molecule has 0 aliphatic carbocycles. The number of thiocarbonyl (C=S) groups is 1. The molecule has 29 heavy (non-hydrogen) atoms. The van der Waals surface area contributed by atoms with Gasteiger partial charge in [-0.05, 0) is 36.5 Å². The van der Waals surface area contributed by atoms with Gasteiger partial charge in [0.25, 0.3) is 11.8 Å². The summed E-state index contributed by atoms with van der Waals surface area (Å²) in [6, 6.07) is 13.2. The van der Waals surface area contributed by atoms with Crippen molar-refractivity contribution in [3.8, 4) is 11.5 Å². The van der Waals surface area contributed by atoms with Crippen LogP contribution in [0.15, 0.2) is 48.5 Å². The number of carbonyl (C=O) groups is 3. The Morgan fingerprint density at radius 2 is 1.41 bits per heavy atom. The van der Waals surface area contributed by atoms with E-state index in [-0.39, 0.29) is 5.11 Å². The number of Topliss-reactive ketones (excluding diaryl/α,β-unsaturated/α-hetero) is 1. The molecule has 150 valence electrons. The SMILES string of the molecule is COc1cccc(N2C(=O)C(C(=O)CCl)C(=O)N(c3cccc(OC)c3)C2=S)c1. The highest BCUT2D eigenvalue weighted by Gasteiger charge is 2.48. The van der Waals surface area contributed by atoms with Gasteiger partial charge in [-0.3, -0.25) is 24.2 Å². The van der Waals surface area contributed by atoms with Crippen molar-refractivity contribution in [2.24, 2.45) is 5.92 Å². The van der Waals surface area contributed by atoms with Gasteiger partial charge in [-0.1, -0.05) is 12.1 Å². The van der Waals surface area contributed by atoms with E-state index in [0.29, 0.717) is 22.9 Å². The molecule has 2 aromatic rings. The molecule has 1 aliphatic rings. The molecule has 1 heterocycles. The maximum Gasteiger partial charge on any atom is 0.253 e. The van der Waals surface area contributed by atoms with Crippen molar-refractivity contribution in [1.82, 2.24) is 0 Å². The van der Waals surface area contributed by atoms with Crippen molar-refractivity contribution < 1.29 is 23.9 Å². The first-order chi connectivity index (χ1) is 13.9. The van der Waals surface area contributed by atoms with Gasteiger partial charge in [-0.2, -0.15) is 0 Å². The molecule has 0 atom stereocenters. The van der Waals surface area contributed by atoms with E-state index in [2.05, 4.69) is 0 Å². The Bertz CT molecular complexity index is 927. The number of benzene rings is 2. The maximum atomic E-state index is 13.1. The van der Waals surface area contributed by atoms with Crippen LogP contribution in [0.3, 0.4) is 0 Å². The van der Waals surface area contributed by atoms with Gasteiger partial charge in [0.05, 0.1) is 31.5 Å². The van der Waals surface area contributed by atoms with Gasteiger partial charge in [0.15, 0.2) is 16.8 Å². The van der Waals surface area contributed by atoms with Gasteiger partial charge < -0.3 is 9.47 Å². The second-order valence-corrected chi connectivity index (χ2v) is 6.70. The van der Waals surface area contributed by atoms with E-state index in [1.165, 1.54) is 14.2 Å². The first-order valence-electron chi connectivity index (χ1n) is 8.51. The molecule has 2 amide bonds. The zero-order chi connectivity index (χ0) is 21.1. The summed E-state index contributed by atoms with van der Waals surface area (Å²) in [6.07, 6.45) is 0. The topological polar surface area (TPSA) is 76.2 Å². The van der Waals surface area contributed by atoms with Crippen LogP contribution in [0, 0.1) is 5.92 Å². The lowest BCUT2D eigenvalue weighted by molar-refractivity contribution is -0.138. The number of nitrogens with zero attached hydrogens (tertiary/aromatic N) is 2. The van der Waals surface area contributed by atoms with Crippen molar-refractivity contribution in [3.63, 3.8) is 0 Å². The van der Waals surface area contributed by atoms with E-state index in [0.717, 1.165) is 9.80 Å². The number of methoxy groups -OCH3 is 2. The highest BCUT2D eigenvalue weighted by atomic mass is 35.5. The normalized spacial score (nSPS) is 14.9. The van der Waals surface area contributed by atoms with Gasteiger partial charge >= 0.3 is 0 Å². The minimum absolute atomic E-state index is 0.0832. The van der Waals surface area contributed by atoms with Gasteiger partial charge in [-0.15, -0.1) is 11.6 Å². The van der Waals surface area contributed by atoms with Crippen LogP contribution >= 0.6 is 23.8 Å². The Morgan fingerprint density at radius 1 is 0.966 bits per heavy atom. The number of amides is 2. The van der Waals surface area contributed by atoms with Crippen LogP contribution in [0.25, 0.3) is 0 Å². The number of hydrogen-bond acceptors (Lipinski definition) is 6. The summed E-state index contributed by atoms with van der Waals surface area (Å²) in [4.78, 5) is 40.9. The first kappa shape index (κ1) is 20.8. The predicted octanol–water partition coefficient (Wildman–Crippen LogP) is 2.79. The summed E-state index contributed by atoms with van der Waals surface area (Å²) in [5, 5.41) is -0.0832. The molecule has 0 saturated carbocycles. The fourth-order valence-corrected chi connectivity index (χ4v) is 3.52. The van der Waals surface area contributed by atoms with Crippen molar-refractivity contribution in [2.75, 3.05) is 29.9 Å². The van der Waals surface area contributed by atoms with Crippen molar-refractivity contribution in [3.05, 3.63) is 48.5 Å². The zero-order valence-electron chi connectivity index (χ0n) is 15.6. The van der Waals surface area contributed by atoms with E-state index in [9.17, 15) is 14.4 Å². The molecule has 1 saturated heterocycles. The quantitative estimate of drug-likeness (QED) is 0.397. The van der Waals surface area contributed by atoms with Crippen molar-refractivity contribution in [2.45, 2.75) is 0 Å². The summed E-state index contributed by atoms with van der Waals surface area (Å²) in [5.41, 5.74) is 0.735. The smallest absolute Gasteiger partial charge is 0.253 e. The van der Waals surface area contributed by atoms with Crippen LogP contribution in [0.1, 0.15) is 0 Å². The lowest BCUT2D eigenvalue weighted by Gasteiger charge is -2.38. The van der Waals surface area contributed by atoms with Crippen LogP contribution in [0.2, 0.25) is 0 Å². The minimum atomic E-state index is -1.60. The standard InChI is InChI=1S/C20H17ClN2O5S/c1-27-14-7-3-5-12(9-14)22-18(25)17(16(24)11-21)19(26)23(20(22)29)13-6-4-8-15(10-13)28-2/h3-10,17H,11H2,1-2H3. The summed E-state index contributed by atoms with van der Waals surface area (Å²) >= 11 is 11.2. The Morgan fingerprint density at radius 3 is 1.79 bits per heavy atom. The molecule has 7 nitrogen and oxygen atoms in total. The largest absolute Gasteiger partial charge is 0.497 e. The molecule has 0 spiro atoms. The van der Waals surface area contributed by atoms with Gasteiger partial charge in [-0.25, -0.2) is 0 Å². The Labute approximate surface area is 177 Å². The molecule has 1 fully saturated rings. The number of rotatable bonds is 6. The fraction of sp³-hybridized carbons (Fsp3) is 0.200. The van der Waals surface area contributed by atoms with Crippen LogP contribution in [-0.2, 0) is 14.4 Å². The number of ketones is 1. The Balaban J connectivity index is 2.15. The third-order valence-electron chi connectivity index (χ3n) is 4.39. The highest BCUT2D eigenvalue weighted by Crippen LogP contribution is 2.32. The molecule has 0 N–H and O–H groups in total. The average molecular weight is 433 g/mol. The first-order valence-corrected chi connectivity index (χ1v) is 9.46. The van der Waals surface area contributed by atoms with E-state index < -0.39 is 29.4 Å². The molecule has 9 heteroatoms. The lowest BCUT2D eigenvalue weighted by Crippen LogP contribution is -2.62. The molecule has 0 aromatic heterocycles. The van der Waals surface area contributed by atoms with E-state index >= 15 is 0 Å². The van der Waals surface area contributed by atoms with Crippen LogP contribution in [0.4, 0.5) is 11.4 Å². The summed E-state index contributed by atoms with van der Waals surface area (Å²) in [6.45, 7) is 0. The maximum absolute atomic E-state index is 13.1. The number of anilines is 2. The molecule has 2 aromatic carbocycles. The van der Waals surface area contributed by atoms with Gasteiger partial charge in [0, 0.05) is 12.1 Å². The minimum Gasteiger partial charge on any atom is -0.497 e. The predicted molar refractivity (Wildman–Crippen MR) is 113 cm³/mol. The Hall–Kier alpha value is -2.97. The molecular formula is C20H17ClN2O5S. The number of ether oxygens (including phenoxy) is 2. The van der Waals surface area contributed by atoms with E-state index in [4.69, 9.17) is 33.3 Å². The number of hydrogen-bond donors (Lipinski definition) is 0. The summed E-state index contributed by atoms with van der Waals surface area (Å²) in [5.74, 6) is -3.31. The molecule has 0 unspecified atom stereocenters.